The highest BCUT2D eigenvalue weighted by molar-refractivity contribution is 7.80. The normalized spacial score (nSPS) is 11.6. The van der Waals surface area contributed by atoms with Gasteiger partial charge in [0.15, 0.2) is 0 Å². The summed E-state index contributed by atoms with van der Waals surface area (Å²) in [5, 5.41) is 0. The lowest BCUT2D eigenvalue weighted by molar-refractivity contribution is 0.282. The van der Waals surface area contributed by atoms with Crippen LogP contribution in [0.25, 0.3) is 0 Å². The number of benzene rings is 1. The molecule has 0 saturated carbocycles. The summed E-state index contributed by atoms with van der Waals surface area (Å²) in [6, 6.07) is 6.82. The van der Waals surface area contributed by atoms with Crippen LogP contribution in [0.1, 0.15) is 39.5 Å². The molecular formula is C16H26FNS. The van der Waals surface area contributed by atoms with Gasteiger partial charge in [-0.1, -0.05) is 32.8 Å². The quantitative estimate of drug-likeness (QED) is 0.672. The van der Waals surface area contributed by atoms with Crippen LogP contribution in [0.3, 0.4) is 0 Å². The van der Waals surface area contributed by atoms with Crippen LogP contribution >= 0.6 is 12.6 Å². The van der Waals surface area contributed by atoms with Crippen LogP contribution in [0.2, 0.25) is 0 Å². The fourth-order valence-electron chi connectivity index (χ4n) is 2.86. The SMILES string of the molecule is CCCC(CS)(CCC)CN(C)c1cccc(F)c1. The van der Waals surface area contributed by atoms with E-state index >= 15 is 0 Å². The van der Waals surface area contributed by atoms with E-state index < -0.39 is 0 Å². The first-order valence-corrected chi connectivity index (χ1v) is 7.77. The Labute approximate surface area is 122 Å². The van der Waals surface area contributed by atoms with E-state index in [1.54, 1.807) is 12.1 Å². The van der Waals surface area contributed by atoms with Crippen LogP contribution in [0.15, 0.2) is 24.3 Å². The van der Waals surface area contributed by atoms with Crippen LogP contribution in [0.4, 0.5) is 10.1 Å². The highest BCUT2D eigenvalue weighted by atomic mass is 32.1. The Morgan fingerprint density at radius 2 is 1.84 bits per heavy atom. The Hall–Kier alpha value is -0.700. The number of nitrogens with zero attached hydrogens (tertiary/aromatic N) is 1. The largest absolute Gasteiger partial charge is 0.374 e. The Kier molecular flexibility index (Phi) is 6.70. The predicted octanol–water partition coefficient (Wildman–Crippen LogP) is 4.78. The van der Waals surface area contributed by atoms with E-state index in [-0.39, 0.29) is 11.2 Å². The van der Waals surface area contributed by atoms with E-state index in [0.717, 1.165) is 30.8 Å². The molecule has 1 nitrogen and oxygen atoms in total. The van der Waals surface area contributed by atoms with Gasteiger partial charge in [-0.25, -0.2) is 4.39 Å². The lowest BCUT2D eigenvalue weighted by Crippen LogP contribution is -2.37. The van der Waals surface area contributed by atoms with Crippen molar-refractivity contribution in [2.45, 2.75) is 39.5 Å². The van der Waals surface area contributed by atoms with E-state index in [1.807, 2.05) is 13.1 Å². The van der Waals surface area contributed by atoms with Crippen LogP contribution in [-0.4, -0.2) is 19.3 Å². The third kappa shape index (κ3) is 4.72. The van der Waals surface area contributed by atoms with Crippen molar-refractivity contribution in [3.05, 3.63) is 30.1 Å². The molecule has 1 rings (SSSR count). The molecule has 0 aromatic heterocycles. The molecule has 0 atom stereocenters. The van der Waals surface area contributed by atoms with Crippen molar-refractivity contribution >= 4 is 18.3 Å². The summed E-state index contributed by atoms with van der Waals surface area (Å²) in [4.78, 5) is 2.16. The van der Waals surface area contributed by atoms with Gasteiger partial charge in [0.2, 0.25) is 0 Å². The van der Waals surface area contributed by atoms with Crippen molar-refractivity contribution in [1.82, 2.24) is 0 Å². The highest BCUT2D eigenvalue weighted by Gasteiger charge is 2.28. The molecular weight excluding hydrogens is 257 g/mol. The van der Waals surface area contributed by atoms with Gasteiger partial charge in [0.05, 0.1) is 0 Å². The molecule has 0 radical (unpaired) electrons. The molecule has 0 aliphatic heterocycles. The van der Waals surface area contributed by atoms with Gasteiger partial charge in [0, 0.05) is 19.3 Å². The topological polar surface area (TPSA) is 3.24 Å². The smallest absolute Gasteiger partial charge is 0.125 e. The second-order valence-electron chi connectivity index (χ2n) is 5.49. The first kappa shape index (κ1) is 16.4. The fourth-order valence-corrected chi connectivity index (χ4v) is 3.28. The number of hydrogen-bond acceptors (Lipinski definition) is 2. The molecule has 19 heavy (non-hydrogen) atoms. The van der Waals surface area contributed by atoms with E-state index in [2.05, 4.69) is 31.4 Å². The number of anilines is 1. The number of hydrogen-bond donors (Lipinski definition) is 1. The molecule has 3 heteroatoms. The minimum atomic E-state index is -0.174. The van der Waals surface area contributed by atoms with Crippen molar-refractivity contribution in [2.75, 3.05) is 24.2 Å². The summed E-state index contributed by atoms with van der Waals surface area (Å²) in [7, 11) is 2.04. The molecule has 0 bridgehead atoms. The molecule has 0 saturated heterocycles. The maximum Gasteiger partial charge on any atom is 0.125 e. The third-order valence-corrected chi connectivity index (χ3v) is 4.39. The molecule has 0 heterocycles. The van der Waals surface area contributed by atoms with Gasteiger partial charge >= 0.3 is 0 Å². The zero-order valence-corrected chi connectivity index (χ0v) is 13.2. The van der Waals surface area contributed by atoms with Crippen molar-refractivity contribution in [1.29, 1.82) is 0 Å². The summed E-state index contributed by atoms with van der Waals surface area (Å²) in [6.07, 6.45) is 4.67. The number of thiol groups is 1. The fraction of sp³-hybridized carbons (Fsp3) is 0.625. The molecule has 0 aliphatic rings. The third-order valence-electron chi connectivity index (χ3n) is 3.72. The molecule has 108 valence electrons. The second-order valence-corrected chi connectivity index (χ2v) is 5.81. The van der Waals surface area contributed by atoms with E-state index in [9.17, 15) is 4.39 Å². The molecule has 0 aliphatic carbocycles. The van der Waals surface area contributed by atoms with Crippen molar-refractivity contribution in [2.24, 2.45) is 5.41 Å². The van der Waals surface area contributed by atoms with Crippen LogP contribution < -0.4 is 4.90 Å². The molecule has 0 unspecified atom stereocenters. The molecule has 1 aromatic carbocycles. The van der Waals surface area contributed by atoms with Gasteiger partial charge < -0.3 is 4.90 Å². The predicted molar refractivity (Wildman–Crippen MR) is 85.8 cm³/mol. The number of halogens is 1. The Bertz CT molecular complexity index is 375. The van der Waals surface area contributed by atoms with Gasteiger partial charge in [-0.15, -0.1) is 0 Å². The van der Waals surface area contributed by atoms with Gasteiger partial charge in [-0.05, 0) is 42.2 Å². The average Bonchev–Trinajstić information content (AvgIpc) is 2.39. The lowest BCUT2D eigenvalue weighted by Gasteiger charge is -2.37. The standard InChI is InChI=1S/C16H26FNS/c1-4-9-16(13-19,10-5-2)12-18(3)15-8-6-7-14(17)11-15/h6-8,11,19H,4-5,9-10,12-13H2,1-3H3. The summed E-state index contributed by atoms with van der Waals surface area (Å²) in [5.74, 6) is 0.709. The first-order chi connectivity index (χ1) is 9.06. The Balaban J connectivity index is 2.83. The maximum atomic E-state index is 13.3. The molecule has 1 aromatic rings. The van der Waals surface area contributed by atoms with E-state index in [1.165, 1.54) is 18.9 Å². The van der Waals surface area contributed by atoms with Gasteiger partial charge in [-0.2, -0.15) is 12.6 Å². The van der Waals surface area contributed by atoms with Crippen molar-refractivity contribution in [3.8, 4) is 0 Å². The monoisotopic (exact) mass is 283 g/mol. The Morgan fingerprint density at radius 3 is 2.32 bits per heavy atom. The Morgan fingerprint density at radius 1 is 1.21 bits per heavy atom. The zero-order valence-electron chi connectivity index (χ0n) is 12.3. The van der Waals surface area contributed by atoms with Gasteiger partial charge in [0.25, 0.3) is 0 Å². The summed E-state index contributed by atoms with van der Waals surface area (Å²) in [6.45, 7) is 5.37. The summed E-state index contributed by atoms with van der Waals surface area (Å²) >= 11 is 4.58. The summed E-state index contributed by atoms with van der Waals surface area (Å²) < 4.78 is 13.3. The molecule has 0 amide bonds. The van der Waals surface area contributed by atoms with Gasteiger partial charge in [-0.3, -0.25) is 0 Å². The van der Waals surface area contributed by atoms with Gasteiger partial charge in [0.1, 0.15) is 5.82 Å². The van der Waals surface area contributed by atoms with Crippen LogP contribution in [0, 0.1) is 11.2 Å². The molecule has 0 N–H and O–H groups in total. The van der Waals surface area contributed by atoms with E-state index in [4.69, 9.17) is 0 Å². The van der Waals surface area contributed by atoms with E-state index in [0.29, 0.717) is 0 Å². The van der Waals surface area contributed by atoms with Crippen LogP contribution in [0.5, 0.6) is 0 Å². The average molecular weight is 283 g/mol. The lowest BCUT2D eigenvalue weighted by atomic mass is 9.80. The van der Waals surface area contributed by atoms with Crippen molar-refractivity contribution in [3.63, 3.8) is 0 Å². The van der Waals surface area contributed by atoms with Crippen LogP contribution in [-0.2, 0) is 0 Å². The maximum absolute atomic E-state index is 13.3. The highest BCUT2D eigenvalue weighted by Crippen LogP contribution is 2.33. The first-order valence-electron chi connectivity index (χ1n) is 7.14. The second kappa shape index (κ2) is 7.78. The molecule has 0 spiro atoms. The van der Waals surface area contributed by atoms with Crippen molar-refractivity contribution < 1.29 is 4.39 Å². The minimum Gasteiger partial charge on any atom is -0.374 e. The number of rotatable bonds is 8. The minimum absolute atomic E-state index is 0.174. The zero-order chi connectivity index (χ0) is 14.3. The molecule has 0 fully saturated rings. The summed E-state index contributed by atoms with van der Waals surface area (Å²) in [5.41, 5.74) is 1.17.